The summed E-state index contributed by atoms with van der Waals surface area (Å²) in [7, 11) is 0. The maximum Gasteiger partial charge on any atom is 0.317 e. The maximum atomic E-state index is 12.3. The van der Waals surface area contributed by atoms with Crippen LogP contribution in [0.25, 0.3) is 0 Å². The number of halogens is 2. The van der Waals surface area contributed by atoms with E-state index in [1.807, 2.05) is 17.0 Å². The number of urea groups is 1. The number of rotatable bonds is 5. The number of likely N-dealkylation sites (tertiary alicyclic amines) is 1. The largest absolute Gasteiger partial charge is 0.369 e. The predicted octanol–water partition coefficient (Wildman–Crippen LogP) is 5.26. The second kappa shape index (κ2) is 11.1. The third-order valence-corrected chi connectivity index (χ3v) is 8.09. The molecule has 0 aromatic heterocycles. The molecule has 4 rings (SSSR count). The maximum absolute atomic E-state index is 12.3. The van der Waals surface area contributed by atoms with Crippen molar-refractivity contribution in [3.63, 3.8) is 0 Å². The quantitative estimate of drug-likeness (QED) is 0.642. The Morgan fingerprint density at radius 3 is 2.48 bits per heavy atom. The Hall–Kier alpha value is -1.17. The van der Waals surface area contributed by atoms with Gasteiger partial charge in [-0.25, -0.2) is 4.79 Å². The molecule has 0 radical (unpaired) electrons. The first-order chi connectivity index (χ1) is 15.1. The summed E-state index contributed by atoms with van der Waals surface area (Å²) in [5.41, 5.74) is 1.06. The van der Waals surface area contributed by atoms with E-state index in [1.54, 1.807) is 0 Å². The topological polar surface area (TPSA) is 38.8 Å². The van der Waals surface area contributed by atoms with E-state index in [-0.39, 0.29) is 6.03 Å². The third kappa shape index (κ3) is 6.21. The van der Waals surface area contributed by atoms with Gasteiger partial charge in [-0.3, -0.25) is 0 Å². The van der Waals surface area contributed by atoms with Crippen LogP contribution in [-0.4, -0.2) is 67.7 Å². The normalized spacial score (nSPS) is 25.5. The molecule has 1 aliphatic carbocycles. The number of carbonyl (C=O) groups excluding carboxylic acids is 1. The second-order valence-electron chi connectivity index (χ2n) is 9.41. The average molecular weight is 467 g/mol. The molecule has 2 aliphatic heterocycles. The summed E-state index contributed by atoms with van der Waals surface area (Å²) in [5, 5.41) is 4.58. The second-order valence-corrected chi connectivity index (χ2v) is 10.2. The summed E-state index contributed by atoms with van der Waals surface area (Å²) < 4.78 is 0. The van der Waals surface area contributed by atoms with E-state index < -0.39 is 0 Å². The van der Waals surface area contributed by atoms with Crippen LogP contribution in [0.15, 0.2) is 18.2 Å². The molecule has 2 heterocycles. The highest BCUT2D eigenvalue weighted by Crippen LogP contribution is 2.33. The van der Waals surface area contributed by atoms with Crippen LogP contribution < -0.4 is 10.2 Å². The standard InChI is InChI=1S/C24H36Cl2N4O/c25-21-5-3-6-22(23(21)26)29-15-4-12-28(17-18-29)16-11-19-7-9-20(10-8-19)27-24(31)30-13-1-2-14-30/h3,5-6,19-20H,1-2,4,7-18H2,(H,27,31). The highest BCUT2D eigenvalue weighted by atomic mass is 35.5. The van der Waals surface area contributed by atoms with Gasteiger partial charge in [0, 0.05) is 38.8 Å². The van der Waals surface area contributed by atoms with Crippen LogP contribution in [-0.2, 0) is 0 Å². The molecule has 0 atom stereocenters. The van der Waals surface area contributed by atoms with E-state index in [1.165, 1.54) is 25.8 Å². The van der Waals surface area contributed by atoms with E-state index in [0.717, 1.165) is 83.0 Å². The first kappa shape index (κ1) is 23.0. The zero-order valence-corrected chi connectivity index (χ0v) is 20.0. The molecular formula is C24H36Cl2N4O. The monoisotopic (exact) mass is 466 g/mol. The average Bonchev–Trinajstić information content (AvgIpc) is 3.22. The zero-order chi connectivity index (χ0) is 21.6. The fourth-order valence-corrected chi connectivity index (χ4v) is 5.73. The molecule has 1 aromatic carbocycles. The van der Waals surface area contributed by atoms with Crippen molar-refractivity contribution in [2.75, 3.05) is 50.7 Å². The van der Waals surface area contributed by atoms with Gasteiger partial charge < -0.3 is 20.0 Å². The number of anilines is 1. The van der Waals surface area contributed by atoms with Crippen LogP contribution >= 0.6 is 23.2 Å². The SMILES string of the molecule is O=C(NC1CCC(CCN2CCCN(c3cccc(Cl)c3Cl)CC2)CC1)N1CCCC1. The van der Waals surface area contributed by atoms with Crippen molar-refractivity contribution in [2.45, 2.75) is 57.4 Å². The van der Waals surface area contributed by atoms with Gasteiger partial charge in [0.15, 0.2) is 0 Å². The lowest BCUT2D eigenvalue weighted by molar-refractivity contribution is 0.191. The van der Waals surface area contributed by atoms with E-state index in [2.05, 4.69) is 21.2 Å². The van der Waals surface area contributed by atoms with Gasteiger partial charge in [-0.05, 0) is 82.5 Å². The summed E-state index contributed by atoms with van der Waals surface area (Å²) in [6.07, 6.45) is 9.46. The molecule has 2 saturated heterocycles. The molecule has 3 aliphatic rings. The van der Waals surface area contributed by atoms with Gasteiger partial charge in [0.05, 0.1) is 15.7 Å². The van der Waals surface area contributed by atoms with E-state index in [4.69, 9.17) is 23.2 Å². The van der Waals surface area contributed by atoms with Gasteiger partial charge in [0.25, 0.3) is 0 Å². The minimum absolute atomic E-state index is 0.162. The van der Waals surface area contributed by atoms with Crippen molar-refractivity contribution >= 4 is 34.9 Å². The van der Waals surface area contributed by atoms with Crippen LogP contribution in [0.3, 0.4) is 0 Å². The first-order valence-corrected chi connectivity index (χ1v) is 12.8. The van der Waals surface area contributed by atoms with E-state index in [0.29, 0.717) is 16.1 Å². The van der Waals surface area contributed by atoms with Gasteiger partial charge in [-0.2, -0.15) is 0 Å². The van der Waals surface area contributed by atoms with Crippen LogP contribution in [0.1, 0.15) is 51.4 Å². The Bertz CT molecular complexity index is 732. The molecule has 5 nitrogen and oxygen atoms in total. The molecule has 1 saturated carbocycles. The molecule has 0 unspecified atom stereocenters. The highest BCUT2D eigenvalue weighted by Gasteiger charge is 2.26. The molecule has 1 N–H and O–H groups in total. The van der Waals surface area contributed by atoms with Gasteiger partial charge in [0.1, 0.15) is 0 Å². The van der Waals surface area contributed by atoms with Crippen molar-refractivity contribution in [2.24, 2.45) is 5.92 Å². The third-order valence-electron chi connectivity index (χ3n) is 7.28. The number of hydrogen-bond acceptors (Lipinski definition) is 3. The summed E-state index contributed by atoms with van der Waals surface area (Å²) in [6.45, 7) is 7.27. The van der Waals surface area contributed by atoms with Crippen LogP contribution in [0.5, 0.6) is 0 Å². The fraction of sp³-hybridized carbons (Fsp3) is 0.708. The van der Waals surface area contributed by atoms with Gasteiger partial charge in [-0.1, -0.05) is 29.3 Å². The molecule has 172 valence electrons. The number of hydrogen-bond donors (Lipinski definition) is 1. The molecule has 0 spiro atoms. The van der Waals surface area contributed by atoms with Gasteiger partial charge in [-0.15, -0.1) is 0 Å². The predicted molar refractivity (Wildman–Crippen MR) is 129 cm³/mol. The molecule has 0 bridgehead atoms. The lowest BCUT2D eigenvalue weighted by atomic mass is 9.84. The van der Waals surface area contributed by atoms with Crippen molar-refractivity contribution in [3.05, 3.63) is 28.2 Å². The summed E-state index contributed by atoms with van der Waals surface area (Å²) in [6, 6.07) is 6.44. The zero-order valence-electron chi connectivity index (χ0n) is 18.5. The molecule has 3 fully saturated rings. The number of benzene rings is 1. The number of nitrogens with zero attached hydrogens (tertiary/aromatic N) is 3. The molecular weight excluding hydrogens is 431 g/mol. The molecule has 31 heavy (non-hydrogen) atoms. The minimum atomic E-state index is 0.162. The molecule has 2 amide bonds. The van der Waals surface area contributed by atoms with Crippen molar-refractivity contribution < 1.29 is 4.79 Å². The Morgan fingerprint density at radius 2 is 1.71 bits per heavy atom. The minimum Gasteiger partial charge on any atom is -0.369 e. The lowest BCUT2D eigenvalue weighted by Crippen LogP contribution is -2.45. The van der Waals surface area contributed by atoms with Crippen LogP contribution in [0.4, 0.5) is 10.5 Å². The van der Waals surface area contributed by atoms with Crippen molar-refractivity contribution in [1.29, 1.82) is 0 Å². The number of carbonyl (C=O) groups is 1. The Balaban J connectivity index is 1.17. The number of nitrogens with one attached hydrogen (secondary N) is 1. The van der Waals surface area contributed by atoms with Crippen LogP contribution in [0.2, 0.25) is 10.0 Å². The van der Waals surface area contributed by atoms with Crippen molar-refractivity contribution in [1.82, 2.24) is 15.1 Å². The number of amides is 2. The van der Waals surface area contributed by atoms with Crippen molar-refractivity contribution in [3.8, 4) is 0 Å². The molecule has 7 heteroatoms. The summed E-state index contributed by atoms with van der Waals surface area (Å²) in [4.78, 5) is 19.3. The fourth-order valence-electron chi connectivity index (χ4n) is 5.32. The van der Waals surface area contributed by atoms with Gasteiger partial charge >= 0.3 is 6.03 Å². The Morgan fingerprint density at radius 1 is 0.935 bits per heavy atom. The molecule has 1 aromatic rings. The highest BCUT2D eigenvalue weighted by molar-refractivity contribution is 6.43. The summed E-state index contributed by atoms with van der Waals surface area (Å²) >= 11 is 12.7. The van der Waals surface area contributed by atoms with E-state index >= 15 is 0 Å². The smallest absolute Gasteiger partial charge is 0.317 e. The van der Waals surface area contributed by atoms with Crippen LogP contribution in [0, 0.1) is 5.92 Å². The lowest BCUT2D eigenvalue weighted by Gasteiger charge is -2.31. The van der Waals surface area contributed by atoms with Gasteiger partial charge in [0.2, 0.25) is 0 Å². The Labute approximate surface area is 197 Å². The van der Waals surface area contributed by atoms with E-state index in [9.17, 15) is 4.79 Å². The summed E-state index contributed by atoms with van der Waals surface area (Å²) in [5.74, 6) is 0.793. The Kier molecular flexibility index (Phi) is 8.24. The first-order valence-electron chi connectivity index (χ1n) is 12.1.